The molecule has 1 atom stereocenters. The number of aromatic nitrogens is 2. The van der Waals surface area contributed by atoms with Gasteiger partial charge < -0.3 is 15.0 Å². The van der Waals surface area contributed by atoms with E-state index in [0.29, 0.717) is 37.2 Å². The molecule has 0 radical (unpaired) electrons. The molecular formula is C19H21FN4O3. The van der Waals surface area contributed by atoms with E-state index < -0.39 is 5.82 Å². The van der Waals surface area contributed by atoms with Crippen LogP contribution >= 0.6 is 0 Å². The zero-order chi connectivity index (χ0) is 19.2. The Morgan fingerprint density at radius 2 is 2.07 bits per heavy atom. The summed E-state index contributed by atoms with van der Waals surface area (Å²) in [6, 6.07) is 8.70. The summed E-state index contributed by atoms with van der Waals surface area (Å²) in [5.74, 6) is -1.15. The van der Waals surface area contributed by atoms with Gasteiger partial charge in [0.15, 0.2) is 0 Å². The maximum Gasteiger partial charge on any atom is 0.254 e. The van der Waals surface area contributed by atoms with E-state index in [1.54, 1.807) is 36.1 Å². The second-order valence-corrected chi connectivity index (χ2v) is 6.21. The number of nitrogens with zero attached hydrogens (tertiary/aromatic N) is 3. The number of hydrogen-bond acceptors (Lipinski definition) is 5. The maximum absolute atomic E-state index is 14.2. The molecular weight excluding hydrogens is 351 g/mol. The molecule has 2 amide bonds. The van der Waals surface area contributed by atoms with Crippen LogP contribution < -0.4 is 10.1 Å². The number of rotatable bonds is 6. The number of likely N-dealkylation sites (tertiary alicyclic amines) is 1. The smallest absolute Gasteiger partial charge is 0.254 e. The summed E-state index contributed by atoms with van der Waals surface area (Å²) in [5.41, 5.74) is 0.799. The molecule has 0 aliphatic carbocycles. The molecule has 3 rings (SSSR count). The van der Waals surface area contributed by atoms with Gasteiger partial charge in [0.25, 0.3) is 11.8 Å². The van der Waals surface area contributed by atoms with E-state index in [4.69, 9.17) is 4.74 Å². The number of ether oxygens (including phenoxy) is 1. The van der Waals surface area contributed by atoms with Gasteiger partial charge in [0.1, 0.15) is 12.4 Å². The van der Waals surface area contributed by atoms with Gasteiger partial charge in [0.2, 0.25) is 11.7 Å². The van der Waals surface area contributed by atoms with Crippen LogP contribution in [0.3, 0.4) is 0 Å². The molecule has 8 heteroatoms. The quantitative estimate of drug-likeness (QED) is 0.832. The third-order valence-corrected chi connectivity index (χ3v) is 4.38. The van der Waals surface area contributed by atoms with E-state index in [-0.39, 0.29) is 30.3 Å². The van der Waals surface area contributed by atoms with Gasteiger partial charge >= 0.3 is 0 Å². The minimum Gasteiger partial charge on any atom is -0.470 e. The van der Waals surface area contributed by atoms with E-state index in [9.17, 15) is 14.0 Å². The van der Waals surface area contributed by atoms with Crippen LogP contribution in [0.1, 0.15) is 29.4 Å². The SMILES string of the molecule is CCc1ncnc(O[C@@H]2CCN(C(=O)CNC(=O)c3ccccc3)C2)c1F. The third kappa shape index (κ3) is 4.58. The van der Waals surface area contributed by atoms with Gasteiger partial charge in [-0.3, -0.25) is 9.59 Å². The summed E-state index contributed by atoms with van der Waals surface area (Å²) < 4.78 is 19.8. The first kappa shape index (κ1) is 18.8. The minimum atomic E-state index is -0.556. The second kappa shape index (κ2) is 8.57. The molecule has 7 nitrogen and oxygen atoms in total. The van der Waals surface area contributed by atoms with Crippen molar-refractivity contribution in [1.82, 2.24) is 20.2 Å². The lowest BCUT2D eigenvalue weighted by Gasteiger charge is -2.17. The standard InChI is InChI=1S/C19H21FN4O3/c1-2-15-17(20)19(23-12-22-15)27-14-8-9-24(11-14)16(25)10-21-18(26)13-6-4-3-5-7-13/h3-7,12,14H,2,8-11H2,1H3,(H,21,26)/t14-/m1/s1. The summed E-state index contributed by atoms with van der Waals surface area (Å²) in [7, 11) is 0. The van der Waals surface area contributed by atoms with Crippen molar-refractivity contribution in [3.05, 3.63) is 53.7 Å². The lowest BCUT2D eigenvalue weighted by atomic mass is 10.2. The Hall–Kier alpha value is -3.03. The molecule has 1 saturated heterocycles. The summed E-state index contributed by atoms with van der Waals surface area (Å²) in [5, 5.41) is 2.61. The van der Waals surface area contributed by atoms with E-state index in [1.807, 2.05) is 6.07 Å². The molecule has 142 valence electrons. The van der Waals surface area contributed by atoms with Crippen LogP contribution in [0.15, 0.2) is 36.7 Å². The Labute approximate surface area is 156 Å². The number of amides is 2. The minimum absolute atomic E-state index is 0.0847. The van der Waals surface area contributed by atoms with Crippen LogP contribution in [-0.4, -0.2) is 52.4 Å². The van der Waals surface area contributed by atoms with Gasteiger partial charge in [-0.15, -0.1) is 0 Å². The van der Waals surface area contributed by atoms with Crippen molar-refractivity contribution < 1.29 is 18.7 Å². The van der Waals surface area contributed by atoms with Crippen LogP contribution in [0.2, 0.25) is 0 Å². The number of halogens is 1. The highest BCUT2D eigenvalue weighted by Gasteiger charge is 2.29. The average molecular weight is 372 g/mol. The molecule has 27 heavy (non-hydrogen) atoms. The third-order valence-electron chi connectivity index (χ3n) is 4.38. The van der Waals surface area contributed by atoms with Crippen molar-refractivity contribution in [3.8, 4) is 5.88 Å². The van der Waals surface area contributed by atoms with Crippen molar-refractivity contribution in [2.75, 3.05) is 19.6 Å². The number of aryl methyl sites for hydroxylation is 1. The maximum atomic E-state index is 14.2. The van der Waals surface area contributed by atoms with Crippen LogP contribution in [0.4, 0.5) is 4.39 Å². The van der Waals surface area contributed by atoms with Crippen molar-refractivity contribution in [1.29, 1.82) is 0 Å². The highest BCUT2D eigenvalue weighted by molar-refractivity contribution is 5.96. The Balaban J connectivity index is 1.50. The van der Waals surface area contributed by atoms with Gasteiger partial charge in [-0.2, -0.15) is 9.37 Å². The van der Waals surface area contributed by atoms with Crippen LogP contribution in [0.5, 0.6) is 5.88 Å². The van der Waals surface area contributed by atoms with E-state index in [2.05, 4.69) is 15.3 Å². The van der Waals surface area contributed by atoms with Crippen LogP contribution in [0.25, 0.3) is 0 Å². The number of carbonyl (C=O) groups excluding carboxylic acids is 2. The molecule has 0 unspecified atom stereocenters. The van der Waals surface area contributed by atoms with Crippen molar-refractivity contribution in [3.63, 3.8) is 0 Å². The summed E-state index contributed by atoms with van der Waals surface area (Å²) in [4.78, 5) is 33.6. The number of benzene rings is 1. The molecule has 2 aromatic rings. The average Bonchev–Trinajstić information content (AvgIpc) is 3.17. The Morgan fingerprint density at radius 1 is 1.30 bits per heavy atom. The van der Waals surface area contributed by atoms with E-state index in [1.165, 1.54) is 6.33 Å². The van der Waals surface area contributed by atoms with Gasteiger partial charge in [-0.1, -0.05) is 25.1 Å². The number of hydrogen-bond donors (Lipinski definition) is 1. The first-order valence-corrected chi connectivity index (χ1v) is 8.85. The zero-order valence-electron chi connectivity index (χ0n) is 15.0. The molecule has 0 bridgehead atoms. The second-order valence-electron chi connectivity index (χ2n) is 6.21. The Morgan fingerprint density at radius 3 is 2.81 bits per heavy atom. The normalized spacial score (nSPS) is 16.2. The Kier molecular flexibility index (Phi) is 5.95. The largest absolute Gasteiger partial charge is 0.470 e. The lowest BCUT2D eigenvalue weighted by Crippen LogP contribution is -2.39. The fourth-order valence-electron chi connectivity index (χ4n) is 2.88. The van der Waals surface area contributed by atoms with Crippen LogP contribution in [-0.2, 0) is 11.2 Å². The van der Waals surface area contributed by atoms with Gasteiger partial charge in [0.05, 0.1) is 18.8 Å². The molecule has 1 N–H and O–H groups in total. The predicted molar refractivity (Wildman–Crippen MR) is 95.8 cm³/mol. The van der Waals surface area contributed by atoms with E-state index in [0.717, 1.165) is 0 Å². The van der Waals surface area contributed by atoms with Gasteiger partial charge in [-0.05, 0) is 18.6 Å². The summed E-state index contributed by atoms with van der Waals surface area (Å²) in [6.45, 7) is 2.51. The lowest BCUT2D eigenvalue weighted by molar-refractivity contribution is -0.129. The fraction of sp³-hybridized carbons (Fsp3) is 0.368. The molecule has 1 aromatic heterocycles. The molecule has 0 saturated carbocycles. The fourth-order valence-corrected chi connectivity index (χ4v) is 2.88. The number of nitrogens with one attached hydrogen (secondary N) is 1. The molecule has 0 spiro atoms. The molecule has 2 heterocycles. The van der Waals surface area contributed by atoms with Crippen LogP contribution in [0, 0.1) is 5.82 Å². The van der Waals surface area contributed by atoms with Gasteiger partial charge in [-0.25, -0.2) is 4.98 Å². The predicted octanol–water partition coefficient (Wildman–Crippen LogP) is 1.59. The molecule has 1 fully saturated rings. The molecule has 1 aliphatic rings. The van der Waals surface area contributed by atoms with Gasteiger partial charge in [0, 0.05) is 18.5 Å². The van der Waals surface area contributed by atoms with E-state index >= 15 is 0 Å². The van der Waals surface area contributed by atoms with Crippen molar-refractivity contribution >= 4 is 11.8 Å². The van der Waals surface area contributed by atoms with Crippen molar-refractivity contribution in [2.24, 2.45) is 0 Å². The molecule has 1 aliphatic heterocycles. The Bertz CT molecular complexity index is 816. The first-order valence-electron chi connectivity index (χ1n) is 8.85. The first-order chi connectivity index (χ1) is 13.1. The van der Waals surface area contributed by atoms with Crippen molar-refractivity contribution in [2.45, 2.75) is 25.9 Å². The highest BCUT2D eigenvalue weighted by Crippen LogP contribution is 2.21. The number of carbonyl (C=O) groups is 2. The highest BCUT2D eigenvalue weighted by atomic mass is 19.1. The zero-order valence-corrected chi connectivity index (χ0v) is 15.0. The summed E-state index contributed by atoms with van der Waals surface area (Å²) in [6.07, 6.45) is 1.95. The monoisotopic (exact) mass is 372 g/mol. The molecule has 1 aromatic carbocycles. The summed E-state index contributed by atoms with van der Waals surface area (Å²) >= 11 is 0. The topological polar surface area (TPSA) is 84.4 Å².